The van der Waals surface area contributed by atoms with Crippen molar-refractivity contribution in [2.45, 2.75) is 19.3 Å². The number of fused-ring (bicyclic) bond motifs is 2. The minimum Gasteiger partial charge on any atom is -0.310 e. The maximum absolute atomic E-state index is 10.9. The number of halogens is 1. The number of non-ortho nitro benzene ring substituents is 1. The van der Waals surface area contributed by atoms with Crippen LogP contribution >= 0.6 is 11.6 Å². The molecular formula is C27H21ClN2O2. The van der Waals surface area contributed by atoms with E-state index in [2.05, 4.69) is 61.2 Å². The molecular weight excluding hydrogens is 420 g/mol. The van der Waals surface area contributed by atoms with E-state index in [1.54, 1.807) is 12.1 Å². The van der Waals surface area contributed by atoms with Gasteiger partial charge in [-0.05, 0) is 64.7 Å². The van der Waals surface area contributed by atoms with Crippen LogP contribution in [0.5, 0.6) is 0 Å². The molecule has 0 atom stereocenters. The summed E-state index contributed by atoms with van der Waals surface area (Å²) in [6.45, 7) is 4.49. The van der Waals surface area contributed by atoms with E-state index in [0.717, 1.165) is 28.2 Å². The lowest BCUT2D eigenvalue weighted by Crippen LogP contribution is -2.30. The van der Waals surface area contributed by atoms with Gasteiger partial charge in [0.2, 0.25) is 0 Å². The maximum Gasteiger partial charge on any atom is 0.269 e. The first-order valence-electron chi connectivity index (χ1n) is 10.4. The number of para-hydroxylation sites is 1. The molecule has 4 aromatic rings. The summed E-state index contributed by atoms with van der Waals surface area (Å²) >= 11 is 6.42. The third-order valence-electron chi connectivity index (χ3n) is 6.23. The fourth-order valence-corrected chi connectivity index (χ4v) is 4.71. The van der Waals surface area contributed by atoms with E-state index >= 15 is 0 Å². The number of benzene rings is 4. The number of rotatable bonds is 3. The highest BCUT2D eigenvalue weighted by molar-refractivity contribution is 6.31. The van der Waals surface area contributed by atoms with Crippen molar-refractivity contribution in [3.05, 3.63) is 117 Å². The average molecular weight is 441 g/mol. The van der Waals surface area contributed by atoms with Crippen LogP contribution in [0.4, 0.5) is 22.7 Å². The molecule has 1 heterocycles. The Morgan fingerprint density at radius 1 is 0.781 bits per heavy atom. The van der Waals surface area contributed by atoms with Crippen LogP contribution in [-0.4, -0.2) is 4.92 Å². The van der Waals surface area contributed by atoms with Crippen LogP contribution in [0.3, 0.4) is 0 Å². The van der Waals surface area contributed by atoms with Crippen molar-refractivity contribution in [3.8, 4) is 11.1 Å². The van der Waals surface area contributed by atoms with Crippen LogP contribution in [0.1, 0.15) is 25.0 Å². The van der Waals surface area contributed by atoms with Crippen molar-refractivity contribution in [2.75, 3.05) is 4.90 Å². The molecule has 5 heteroatoms. The fourth-order valence-electron chi connectivity index (χ4n) is 4.55. The fraction of sp³-hybridized carbons (Fsp3) is 0.111. The summed E-state index contributed by atoms with van der Waals surface area (Å²) in [5, 5.41) is 11.6. The SMILES string of the molecule is CC1(C)c2ccccc2N(c2ccc(-c3ccc([N+](=O)[O-])cc3)cc2)c2cc(Cl)ccc21. The molecule has 158 valence electrons. The standard InChI is InChI=1S/C27H21ClN2O2/c1-27(2)23-5-3-4-6-25(23)29(26-17-20(28)11-16-24(26)27)21-12-7-18(8-13-21)19-9-14-22(15-10-19)30(31)32/h3-17H,1-2H3. The highest BCUT2D eigenvalue weighted by atomic mass is 35.5. The number of hydrogen-bond acceptors (Lipinski definition) is 3. The van der Waals surface area contributed by atoms with Gasteiger partial charge in [0.1, 0.15) is 0 Å². The van der Waals surface area contributed by atoms with Crippen LogP contribution in [0.25, 0.3) is 11.1 Å². The lowest BCUT2D eigenvalue weighted by atomic mass is 9.73. The van der Waals surface area contributed by atoms with Crippen LogP contribution < -0.4 is 4.90 Å². The first-order valence-corrected chi connectivity index (χ1v) is 10.8. The molecule has 32 heavy (non-hydrogen) atoms. The molecule has 0 bridgehead atoms. The Kier molecular flexibility index (Phi) is 4.75. The summed E-state index contributed by atoms with van der Waals surface area (Å²) in [4.78, 5) is 12.8. The quantitative estimate of drug-likeness (QED) is 0.239. The molecule has 5 rings (SSSR count). The minimum atomic E-state index is -0.384. The van der Waals surface area contributed by atoms with Gasteiger partial charge in [0.25, 0.3) is 5.69 Å². The molecule has 1 aliphatic rings. The van der Waals surface area contributed by atoms with Crippen molar-refractivity contribution < 1.29 is 4.92 Å². The normalized spacial score (nSPS) is 13.9. The monoisotopic (exact) mass is 440 g/mol. The second-order valence-corrected chi connectivity index (χ2v) is 8.93. The molecule has 0 spiro atoms. The zero-order valence-corrected chi connectivity index (χ0v) is 18.5. The van der Waals surface area contributed by atoms with E-state index in [-0.39, 0.29) is 16.0 Å². The number of nitro benzene ring substituents is 1. The van der Waals surface area contributed by atoms with E-state index in [1.165, 1.54) is 23.3 Å². The lowest BCUT2D eigenvalue weighted by Gasteiger charge is -2.42. The molecule has 0 radical (unpaired) electrons. The van der Waals surface area contributed by atoms with Gasteiger partial charge < -0.3 is 4.90 Å². The van der Waals surface area contributed by atoms with E-state index in [9.17, 15) is 10.1 Å². The van der Waals surface area contributed by atoms with Gasteiger partial charge in [-0.2, -0.15) is 0 Å². The number of nitrogens with zero attached hydrogens (tertiary/aromatic N) is 2. The Morgan fingerprint density at radius 3 is 2.03 bits per heavy atom. The van der Waals surface area contributed by atoms with Gasteiger partial charge in [0.15, 0.2) is 0 Å². The third kappa shape index (κ3) is 3.24. The summed E-state index contributed by atoms with van der Waals surface area (Å²) in [6, 6.07) is 29.4. The van der Waals surface area contributed by atoms with E-state index < -0.39 is 0 Å². The first-order chi connectivity index (χ1) is 15.4. The smallest absolute Gasteiger partial charge is 0.269 e. The number of hydrogen-bond donors (Lipinski definition) is 0. The maximum atomic E-state index is 10.9. The van der Waals surface area contributed by atoms with Crippen molar-refractivity contribution in [3.63, 3.8) is 0 Å². The molecule has 0 fully saturated rings. The summed E-state index contributed by atoms with van der Waals surface area (Å²) in [6.07, 6.45) is 0. The molecule has 0 aliphatic carbocycles. The molecule has 0 saturated heterocycles. The van der Waals surface area contributed by atoms with Crippen LogP contribution in [0.2, 0.25) is 5.02 Å². The van der Waals surface area contributed by atoms with E-state index in [0.29, 0.717) is 5.02 Å². The van der Waals surface area contributed by atoms with Crippen LogP contribution in [0, 0.1) is 10.1 Å². The largest absolute Gasteiger partial charge is 0.310 e. The number of anilines is 3. The highest BCUT2D eigenvalue weighted by Gasteiger charge is 2.36. The van der Waals surface area contributed by atoms with Crippen molar-refractivity contribution in [1.29, 1.82) is 0 Å². The zero-order valence-electron chi connectivity index (χ0n) is 17.7. The van der Waals surface area contributed by atoms with Crippen LogP contribution in [0.15, 0.2) is 91.0 Å². The van der Waals surface area contributed by atoms with Crippen molar-refractivity contribution in [2.24, 2.45) is 0 Å². The Hall–Kier alpha value is -3.63. The minimum absolute atomic E-state index is 0.0893. The zero-order chi connectivity index (χ0) is 22.5. The Bertz CT molecular complexity index is 1330. The lowest BCUT2D eigenvalue weighted by molar-refractivity contribution is -0.384. The van der Waals surface area contributed by atoms with Gasteiger partial charge in [-0.1, -0.05) is 61.8 Å². The Morgan fingerprint density at radius 2 is 1.38 bits per heavy atom. The van der Waals surface area contributed by atoms with Crippen molar-refractivity contribution >= 4 is 34.4 Å². The predicted molar refractivity (Wildman–Crippen MR) is 130 cm³/mol. The van der Waals surface area contributed by atoms with Gasteiger partial charge >= 0.3 is 0 Å². The summed E-state index contributed by atoms with van der Waals surface area (Å²) in [7, 11) is 0. The Balaban J connectivity index is 1.61. The average Bonchev–Trinajstić information content (AvgIpc) is 2.79. The second kappa shape index (κ2) is 7.50. The van der Waals surface area contributed by atoms with Crippen LogP contribution in [-0.2, 0) is 5.41 Å². The molecule has 4 aromatic carbocycles. The molecule has 0 amide bonds. The van der Waals surface area contributed by atoms with E-state index in [4.69, 9.17) is 11.6 Å². The van der Waals surface area contributed by atoms with E-state index in [1.807, 2.05) is 24.3 Å². The highest BCUT2D eigenvalue weighted by Crippen LogP contribution is 2.52. The third-order valence-corrected chi connectivity index (χ3v) is 6.46. The predicted octanol–water partition coefficient (Wildman–Crippen LogP) is 8.02. The number of nitro groups is 1. The summed E-state index contributed by atoms with van der Waals surface area (Å²) < 4.78 is 0. The molecule has 0 saturated carbocycles. The van der Waals surface area contributed by atoms with Gasteiger partial charge in [0.05, 0.1) is 16.3 Å². The van der Waals surface area contributed by atoms with Gasteiger partial charge in [-0.3, -0.25) is 10.1 Å². The topological polar surface area (TPSA) is 46.4 Å². The summed E-state index contributed by atoms with van der Waals surface area (Å²) in [5.74, 6) is 0. The van der Waals surface area contributed by atoms with Gasteiger partial charge in [-0.15, -0.1) is 0 Å². The molecule has 1 aliphatic heterocycles. The molecule has 0 N–H and O–H groups in total. The van der Waals surface area contributed by atoms with Crippen molar-refractivity contribution in [1.82, 2.24) is 0 Å². The molecule has 0 aromatic heterocycles. The second-order valence-electron chi connectivity index (χ2n) is 8.49. The summed E-state index contributed by atoms with van der Waals surface area (Å²) in [5.41, 5.74) is 7.60. The van der Waals surface area contributed by atoms with Gasteiger partial charge in [0, 0.05) is 28.3 Å². The molecule has 4 nitrogen and oxygen atoms in total. The first kappa shape index (κ1) is 20.3. The van der Waals surface area contributed by atoms with Gasteiger partial charge in [-0.25, -0.2) is 0 Å². The Labute approximate surface area is 191 Å². The molecule has 0 unspecified atom stereocenters.